The Bertz CT molecular complexity index is 558. The summed E-state index contributed by atoms with van der Waals surface area (Å²) >= 11 is 0. The molecule has 0 radical (unpaired) electrons. The van der Waals surface area contributed by atoms with Crippen molar-refractivity contribution >= 4 is 5.78 Å². The first-order valence-electron chi connectivity index (χ1n) is 5.74. The maximum absolute atomic E-state index is 12.3. The quantitative estimate of drug-likeness (QED) is 0.759. The van der Waals surface area contributed by atoms with Gasteiger partial charge in [-0.1, -0.05) is 6.92 Å². The molecule has 0 amide bonds. The number of carbonyl (C=O) groups excluding carboxylic acids is 1. The van der Waals surface area contributed by atoms with Gasteiger partial charge in [-0.25, -0.2) is 0 Å². The molecule has 0 N–H and O–H groups in total. The molecule has 0 aliphatic carbocycles. The predicted octanol–water partition coefficient (Wildman–Crippen LogP) is 3.59. The van der Waals surface area contributed by atoms with E-state index in [2.05, 4.69) is 0 Å². The fourth-order valence-corrected chi connectivity index (χ4v) is 1.94. The Kier molecular flexibility index (Phi) is 2.92. The van der Waals surface area contributed by atoms with E-state index in [4.69, 9.17) is 8.83 Å². The summed E-state index contributed by atoms with van der Waals surface area (Å²) < 4.78 is 10.9. The van der Waals surface area contributed by atoms with Gasteiger partial charge in [0, 0.05) is 12.0 Å². The first-order valence-corrected chi connectivity index (χ1v) is 5.74. The van der Waals surface area contributed by atoms with E-state index in [1.807, 2.05) is 26.8 Å². The summed E-state index contributed by atoms with van der Waals surface area (Å²) in [6.07, 6.45) is 0.787. The van der Waals surface area contributed by atoms with Crippen LogP contribution in [0.25, 0.3) is 0 Å². The van der Waals surface area contributed by atoms with E-state index in [1.54, 1.807) is 13.0 Å². The predicted molar refractivity (Wildman–Crippen MR) is 64.4 cm³/mol. The van der Waals surface area contributed by atoms with Crippen molar-refractivity contribution in [1.82, 2.24) is 0 Å². The molecule has 0 bridgehead atoms. The summed E-state index contributed by atoms with van der Waals surface area (Å²) in [5.74, 6) is 2.54. The van der Waals surface area contributed by atoms with Gasteiger partial charge in [-0.15, -0.1) is 0 Å². The summed E-state index contributed by atoms with van der Waals surface area (Å²) in [4.78, 5) is 12.3. The Morgan fingerprint density at radius 1 is 1.12 bits per heavy atom. The molecule has 0 spiro atoms. The molecule has 3 nitrogen and oxygen atoms in total. The molecule has 2 aromatic heterocycles. The Morgan fingerprint density at radius 3 is 2.29 bits per heavy atom. The van der Waals surface area contributed by atoms with Gasteiger partial charge in [0.15, 0.2) is 5.76 Å². The Labute approximate surface area is 100 Å². The fourth-order valence-electron chi connectivity index (χ4n) is 1.94. The van der Waals surface area contributed by atoms with Crippen molar-refractivity contribution in [1.29, 1.82) is 0 Å². The van der Waals surface area contributed by atoms with Crippen molar-refractivity contribution in [2.24, 2.45) is 0 Å². The molecule has 0 aliphatic heterocycles. The average molecular weight is 232 g/mol. The molecule has 2 heterocycles. The second-order valence-corrected chi connectivity index (χ2v) is 4.16. The van der Waals surface area contributed by atoms with Crippen molar-refractivity contribution in [2.45, 2.75) is 34.1 Å². The Balaban J connectivity index is 2.43. The molecule has 90 valence electrons. The summed E-state index contributed by atoms with van der Waals surface area (Å²) in [5, 5.41) is 0. The summed E-state index contributed by atoms with van der Waals surface area (Å²) in [5.41, 5.74) is 1.52. The summed E-state index contributed by atoms with van der Waals surface area (Å²) in [7, 11) is 0. The number of furan rings is 2. The van der Waals surface area contributed by atoms with E-state index >= 15 is 0 Å². The average Bonchev–Trinajstić information content (AvgIpc) is 2.85. The molecule has 17 heavy (non-hydrogen) atoms. The standard InChI is InChI=1S/C14H16O3/c1-5-11-6-7-12(17-11)14(15)13-8(2)9(3)16-10(13)4/h6-7H,5H2,1-4H3. The van der Waals surface area contributed by atoms with Gasteiger partial charge in [-0.3, -0.25) is 4.79 Å². The summed E-state index contributed by atoms with van der Waals surface area (Å²) in [6.45, 7) is 7.55. The van der Waals surface area contributed by atoms with Crippen molar-refractivity contribution < 1.29 is 13.6 Å². The highest BCUT2D eigenvalue weighted by atomic mass is 16.4. The highest BCUT2D eigenvalue weighted by Gasteiger charge is 2.22. The number of hydrogen-bond donors (Lipinski definition) is 0. The SMILES string of the molecule is CCc1ccc(C(=O)c2c(C)oc(C)c2C)o1. The molecule has 0 aromatic carbocycles. The zero-order chi connectivity index (χ0) is 12.6. The van der Waals surface area contributed by atoms with Crippen LogP contribution in [-0.2, 0) is 6.42 Å². The summed E-state index contributed by atoms with van der Waals surface area (Å²) in [6, 6.07) is 3.56. The molecule has 0 unspecified atom stereocenters. The third kappa shape index (κ3) is 1.93. The van der Waals surface area contributed by atoms with Crippen LogP contribution in [0.3, 0.4) is 0 Å². The molecule has 3 heteroatoms. The lowest BCUT2D eigenvalue weighted by Gasteiger charge is -1.97. The highest BCUT2D eigenvalue weighted by Crippen LogP contribution is 2.24. The highest BCUT2D eigenvalue weighted by molar-refractivity contribution is 6.08. The minimum Gasteiger partial charge on any atom is -0.466 e. The molecule has 0 saturated heterocycles. The maximum Gasteiger partial charge on any atom is 0.231 e. The van der Waals surface area contributed by atoms with Gasteiger partial charge >= 0.3 is 0 Å². The van der Waals surface area contributed by atoms with Crippen LogP contribution >= 0.6 is 0 Å². The minimum atomic E-state index is -0.100. The number of hydrogen-bond acceptors (Lipinski definition) is 3. The zero-order valence-corrected chi connectivity index (χ0v) is 10.6. The Hall–Kier alpha value is -1.77. The van der Waals surface area contributed by atoms with Crippen molar-refractivity contribution in [3.63, 3.8) is 0 Å². The van der Waals surface area contributed by atoms with Gasteiger partial charge in [0.05, 0.1) is 5.56 Å². The third-order valence-corrected chi connectivity index (χ3v) is 3.02. The van der Waals surface area contributed by atoms with Crippen molar-refractivity contribution in [2.75, 3.05) is 0 Å². The molecule has 0 fully saturated rings. The lowest BCUT2D eigenvalue weighted by Crippen LogP contribution is -2.02. The van der Waals surface area contributed by atoms with Crippen LogP contribution < -0.4 is 0 Å². The zero-order valence-electron chi connectivity index (χ0n) is 10.6. The first kappa shape index (κ1) is 11.7. The smallest absolute Gasteiger partial charge is 0.231 e. The van der Waals surface area contributed by atoms with Gasteiger partial charge in [0.25, 0.3) is 0 Å². The maximum atomic E-state index is 12.3. The van der Waals surface area contributed by atoms with Gasteiger partial charge in [-0.05, 0) is 32.9 Å². The molecule has 2 rings (SSSR count). The molecule has 0 aliphatic rings. The van der Waals surface area contributed by atoms with E-state index in [9.17, 15) is 4.79 Å². The van der Waals surface area contributed by atoms with Crippen LogP contribution in [0.15, 0.2) is 21.0 Å². The van der Waals surface area contributed by atoms with Crippen LogP contribution in [0.5, 0.6) is 0 Å². The lowest BCUT2D eigenvalue weighted by molar-refractivity contribution is 0.101. The second-order valence-electron chi connectivity index (χ2n) is 4.16. The van der Waals surface area contributed by atoms with Crippen LogP contribution in [0.1, 0.15) is 45.9 Å². The van der Waals surface area contributed by atoms with Crippen LogP contribution in [-0.4, -0.2) is 5.78 Å². The lowest BCUT2D eigenvalue weighted by atomic mass is 10.0. The van der Waals surface area contributed by atoms with Crippen molar-refractivity contribution in [3.05, 3.63) is 46.3 Å². The van der Waals surface area contributed by atoms with E-state index in [0.29, 0.717) is 17.1 Å². The monoisotopic (exact) mass is 232 g/mol. The van der Waals surface area contributed by atoms with Gasteiger partial charge in [0.2, 0.25) is 5.78 Å². The van der Waals surface area contributed by atoms with Crippen molar-refractivity contribution in [3.8, 4) is 0 Å². The molecular formula is C14H16O3. The van der Waals surface area contributed by atoms with Gasteiger partial charge < -0.3 is 8.83 Å². The first-order chi connectivity index (χ1) is 8.04. The molecule has 0 atom stereocenters. The molecule has 0 saturated carbocycles. The number of ketones is 1. The van der Waals surface area contributed by atoms with Crippen LogP contribution in [0.4, 0.5) is 0 Å². The van der Waals surface area contributed by atoms with Crippen LogP contribution in [0, 0.1) is 20.8 Å². The number of carbonyl (C=O) groups is 1. The topological polar surface area (TPSA) is 43.4 Å². The largest absolute Gasteiger partial charge is 0.466 e. The molecular weight excluding hydrogens is 216 g/mol. The molecule has 2 aromatic rings. The van der Waals surface area contributed by atoms with E-state index < -0.39 is 0 Å². The second kappa shape index (κ2) is 4.24. The van der Waals surface area contributed by atoms with E-state index in [1.165, 1.54) is 0 Å². The van der Waals surface area contributed by atoms with E-state index in [0.717, 1.165) is 23.5 Å². The Morgan fingerprint density at radius 2 is 1.82 bits per heavy atom. The fraction of sp³-hybridized carbons (Fsp3) is 0.357. The minimum absolute atomic E-state index is 0.100. The van der Waals surface area contributed by atoms with Gasteiger partial charge in [-0.2, -0.15) is 0 Å². The van der Waals surface area contributed by atoms with E-state index in [-0.39, 0.29) is 5.78 Å². The number of aryl methyl sites for hydroxylation is 3. The van der Waals surface area contributed by atoms with Crippen LogP contribution in [0.2, 0.25) is 0 Å². The normalized spacial score (nSPS) is 10.8. The number of rotatable bonds is 3. The van der Waals surface area contributed by atoms with Gasteiger partial charge in [0.1, 0.15) is 17.3 Å². The third-order valence-electron chi connectivity index (χ3n) is 3.02.